The van der Waals surface area contributed by atoms with Crippen LogP contribution in [0.15, 0.2) is 71.6 Å². The molecule has 4 rings (SSSR count). The summed E-state index contributed by atoms with van der Waals surface area (Å²) in [5.74, 6) is 1.57. The molecule has 1 fully saturated rings. The van der Waals surface area contributed by atoms with Crippen LogP contribution in [0.3, 0.4) is 0 Å². The van der Waals surface area contributed by atoms with Gasteiger partial charge in [0.25, 0.3) is 5.69 Å². The van der Waals surface area contributed by atoms with Crippen molar-refractivity contribution in [2.45, 2.75) is 4.90 Å². The lowest BCUT2D eigenvalue weighted by atomic mass is 10.0. The molecule has 0 unspecified atom stereocenters. The average Bonchev–Trinajstić information content (AvgIpc) is 3.02. The van der Waals surface area contributed by atoms with Gasteiger partial charge in [0, 0.05) is 56.0 Å². The molecule has 0 aliphatic carbocycles. The summed E-state index contributed by atoms with van der Waals surface area (Å²) in [5.41, 5.74) is 2.07. The highest BCUT2D eigenvalue weighted by Crippen LogP contribution is 2.32. The van der Waals surface area contributed by atoms with E-state index in [0.29, 0.717) is 17.1 Å². The fourth-order valence-corrected chi connectivity index (χ4v) is 5.90. The van der Waals surface area contributed by atoms with Gasteiger partial charge >= 0.3 is 0 Å². The topological polar surface area (TPSA) is 129 Å². The van der Waals surface area contributed by atoms with Crippen LogP contribution in [0.5, 0.6) is 17.2 Å². The van der Waals surface area contributed by atoms with Gasteiger partial charge in [0.2, 0.25) is 15.9 Å². The molecule has 42 heavy (non-hydrogen) atoms. The Bertz CT molecular complexity index is 1610. The number of amides is 1. The zero-order valence-corrected chi connectivity index (χ0v) is 24.2. The maximum Gasteiger partial charge on any atom is 0.270 e. The number of sulfonamides is 1. The predicted molar refractivity (Wildman–Crippen MR) is 159 cm³/mol. The Morgan fingerprint density at radius 1 is 0.857 bits per heavy atom. The van der Waals surface area contributed by atoms with Crippen molar-refractivity contribution in [1.82, 2.24) is 9.21 Å². The van der Waals surface area contributed by atoms with E-state index in [4.69, 9.17) is 14.2 Å². The fourth-order valence-electron chi connectivity index (χ4n) is 4.44. The maximum atomic E-state index is 13.1. The summed E-state index contributed by atoms with van der Waals surface area (Å²) >= 11 is 0. The lowest BCUT2D eigenvalue weighted by Gasteiger charge is -2.33. The number of nitrogens with zero attached hydrogens (tertiary/aromatic N) is 3. The van der Waals surface area contributed by atoms with E-state index < -0.39 is 14.9 Å². The first-order valence-corrected chi connectivity index (χ1v) is 14.4. The lowest BCUT2D eigenvalue weighted by Crippen LogP contribution is -2.50. The zero-order chi connectivity index (χ0) is 30.3. The Morgan fingerprint density at radius 3 is 2.17 bits per heavy atom. The molecule has 0 spiro atoms. The Morgan fingerprint density at radius 2 is 1.55 bits per heavy atom. The van der Waals surface area contributed by atoms with E-state index in [2.05, 4.69) is 0 Å². The third-order valence-electron chi connectivity index (χ3n) is 6.78. The highest BCUT2D eigenvalue weighted by atomic mass is 32.2. The van der Waals surface area contributed by atoms with Crippen LogP contribution in [0, 0.1) is 10.1 Å². The van der Waals surface area contributed by atoms with E-state index in [1.54, 1.807) is 31.3 Å². The maximum absolute atomic E-state index is 13.1. The van der Waals surface area contributed by atoms with Gasteiger partial charge in [-0.2, -0.15) is 4.31 Å². The van der Waals surface area contributed by atoms with E-state index in [9.17, 15) is 23.3 Å². The summed E-state index contributed by atoms with van der Waals surface area (Å²) in [7, 11) is 0.752. The summed E-state index contributed by atoms with van der Waals surface area (Å²) in [5, 5.41) is 11.1. The van der Waals surface area contributed by atoms with Crippen molar-refractivity contribution < 1.29 is 32.3 Å². The zero-order valence-electron chi connectivity index (χ0n) is 23.4. The van der Waals surface area contributed by atoms with E-state index >= 15 is 0 Å². The van der Waals surface area contributed by atoms with Gasteiger partial charge in [-0.05, 0) is 41.5 Å². The van der Waals surface area contributed by atoms with Gasteiger partial charge in [-0.1, -0.05) is 30.4 Å². The summed E-state index contributed by atoms with van der Waals surface area (Å²) < 4.78 is 43.6. The van der Waals surface area contributed by atoms with Crippen molar-refractivity contribution >= 4 is 39.8 Å². The number of nitro groups is 1. The molecule has 220 valence electrons. The summed E-state index contributed by atoms with van der Waals surface area (Å²) in [6, 6.07) is 16.1. The van der Waals surface area contributed by atoms with Gasteiger partial charge in [0.05, 0.1) is 31.1 Å². The molecule has 1 amide bonds. The number of carbonyl (C=O) groups excluding carboxylic acids is 1. The van der Waals surface area contributed by atoms with Gasteiger partial charge in [0.15, 0.2) is 0 Å². The number of non-ortho nitro benzene ring substituents is 1. The lowest BCUT2D eigenvalue weighted by molar-refractivity contribution is -0.385. The van der Waals surface area contributed by atoms with Crippen LogP contribution in [0.2, 0.25) is 0 Å². The molecular weight excluding hydrogens is 562 g/mol. The largest absolute Gasteiger partial charge is 0.497 e. The van der Waals surface area contributed by atoms with Gasteiger partial charge in [-0.25, -0.2) is 8.42 Å². The van der Waals surface area contributed by atoms with Crippen molar-refractivity contribution in [3.8, 4) is 17.2 Å². The Balaban J connectivity index is 1.49. The summed E-state index contributed by atoms with van der Waals surface area (Å²) in [4.78, 5) is 24.9. The number of ether oxygens (including phenoxy) is 3. The van der Waals surface area contributed by atoms with Crippen LogP contribution in [0.25, 0.3) is 18.2 Å². The quantitative estimate of drug-likeness (QED) is 0.147. The van der Waals surface area contributed by atoms with Gasteiger partial charge in [-0.15, -0.1) is 0 Å². The van der Waals surface area contributed by atoms with Crippen molar-refractivity contribution in [2.75, 3.05) is 47.5 Å². The SMILES string of the molecule is COc1ccc(/C=C/c2cc(OC)cc(OC)c2/C=C/C(=O)N2CCN(S(=O)(=O)c3cccc([N+](=O)[O-])c3)CC2)cc1. The second kappa shape index (κ2) is 13.3. The molecule has 0 N–H and O–H groups in total. The van der Waals surface area contributed by atoms with E-state index in [-0.39, 0.29) is 42.7 Å². The smallest absolute Gasteiger partial charge is 0.270 e. The molecule has 11 nitrogen and oxygen atoms in total. The predicted octanol–water partition coefficient (Wildman–Crippen LogP) is 4.34. The molecule has 1 saturated heterocycles. The van der Waals surface area contributed by atoms with Gasteiger partial charge in [-0.3, -0.25) is 14.9 Å². The summed E-state index contributed by atoms with van der Waals surface area (Å²) in [6.45, 7) is 0.460. The van der Waals surface area contributed by atoms with Crippen molar-refractivity contribution in [3.05, 3.63) is 93.5 Å². The molecule has 0 atom stereocenters. The Hall–Kier alpha value is -4.68. The second-order valence-corrected chi connectivity index (χ2v) is 11.2. The van der Waals surface area contributed by atoms with Crippen LogP contribution < -0.4 is 14.2 Å². The first kappa shape index (κ1) is 30.3. The normalized spacial score (nSPS) is 14.3. The fraction of sp³-hybridized carbons (Fsp3) is 0.233. The molecule has 0 bridgehead atoms. The minimum absolute atomic E-state index is 0.0618. The minimum atomic E-state index is -3.95. The standard InChI is InChI=1S/C30H31N3O8S/c1-39-25-11-8-22(9-12-25)7-10-23-19-26(40-2)21-29(41-3)28(23)13-14-30(34)31-15-17-32(18-16-31)42(37,38)27-6-4-5-24(20-27)33(35)36/h4-14,19-21H,15-18H2,1-3H3/b10-7+,14-13+. The van der Waals surface area contributed by atoms with Crippen LogP contribution in [0.1, 0.15) is 16.7 Å². The Kier molecular flexibility index (Phi) is 9.60. The molecule has 0 aromatic heterocycles. The van der Waals surface area contributed by atoms with Gasteiger partial charge < -0.3 is 19.1 Å². The number of hydrogen-bond acceptors (Lipinski definition) is 8. The third kappa shape index (κ3) is 6.96. The Labute approximate surface area is 244 Å². The number of hydrogen-bond donors (Lipinski definition) is 0. The average molecular weight is 594 g/mol. The van der Waals surface area contributed by atoms with Crippen molar-refractivity contribution in [3.63, 3.8) is 0 Å². The van der Waals surface area contributed by atoms with Crippen LogP contribution in [-0.4, -0.2) is 76.0 Å². The number of piperazine rings is 1. The van der Waals surface area contributed by atoms with E-state index in [1.807, 2.05) is 42.5 Å². The molecule has 0 saturated carbocycles. The van der Waals surface area contributed by atoms with Crippen molar-refractivity contribution in [2.24, 2.45) is 0 Å². The first-order chi connectivity index (χ1) is 20.2. The van der Waals surface area contributed by atoms with Gasteiger partial charge in [0.1, 0.15) is 17.2 Å². The number of nitro benzene ring substituents is 1. The highest BCUT2D eigenvalue weighted by Gasteiger charge is 2.30. The molecule has 1 aliphatic rings. The number of carbonyl (C=O) groups is 1. The molecule has 1 aliphatic heterocycles. The monoisotopic (exact) mass is 593 g/mol. The van der Waals surface area contributed by atoms with Crippen LogP contribution >= 0.6 is 0 Å². The third-order valence-corrected chi connectivity index (χ3v) is 8.68. The molecule has 12 heteroatoms. The first-order valence-electron chi connectivity index (χ1n) is 13.0. The number of rotatable bonds is 10. The molecule has 0 radical (unpaired) electrons. The van der Waals surface area contributed by atoms with E-state index in [0.717, 1.165) is 22.9 Å². The number of benzene rings is 3. The minimum Gasteiger partial charge on any atom is -0.497 e. The molecule has 1 heterocycles. The second-order valence-electron chi connectivity index (χ2n) is 9.26. The number of methoxy groups -OCH3 is 3. The van der Waals surface area contributed by atoms with Crippen molar-refractivity contribution in [1.29, 1.82) is 0 Å². The van der Waals surface area contributed by atoms with Crippen LogP contribution in [0.4, 0.5) is 5.69 Å². The summed E-state index contributed by atoms with van der Waals surface area (Å²) in [6.07, 6.45) is 6.92. The highest BCUT2D eigenvalue weighted by molar-refractivity contribution is 7.89. The van der Waals surface area contributed by atoms with Crippen LogP contribution in [-0.2, 0) is 14.8 Å². The molecule has 3 aromatic rings. The molecule has 3 aromatic carbocycles. The van der Waals surface area contributed by atoms with E-state index in [1.165, 1.54) is 35.7 Å². The molecular formula is C30H31N3O8S.